The Hall–Kier alpha value is -3.18. The van der Waals surface area contributed by atoms with Gasteiger partial charge in [0.15, 0.2) is 37.9 Å². The zero-order valence-corrected chi connectivity index (χ0v) is 41.2. The summed E-state index contributed by atoms with van der Waals surface area (Å²) in [6.45, 7) is 2.31. The standard InChI is InChI=1S/2C20H22N4.2C5H10.ClH.2Fe.HI/c2*1-2-5-17(4-1)16-23-12-6-18(7-13-23)19-8-14-24(15-9-19)20-21-10-3-11-22-20;2*1-2-4-5-3-1;;;;/h2*3,6-15,17H,1-2,4-5,16H2;2*1-5H2;1H;;;1H/q2*+2;;;;;;/p-2. The largest absolute Gasteiger partial charge is 1.00 e. The van der Waals surface area contributed by atoms with Crippen molar-refractivity contribution in [3.8, 4) is 34.2 Å². The van der Waals surface area contributed by atoms with Crippen molar-refractivity contribution in [2.45, 2.75) is 129 Å². The fourth-order valence-electron chi connectivity index (χ4n) is 8.65. The monoisotopic (exact) mass is 1050 g/mol. The van der Waals surface area contributed by atoms with Crippen LogP contribution in [0.15, 0.2) is 135 Å². The van der Waals surface area contributed by atoms with Gasteiger partial charge in [-0.1, -0.05) is 110 Å². The van der Waals surface area contributed by atoms with Crippen molar-refractivity contribution < 1.29 is 88.8 Å². The number of aromatic nitrogens is 8. The van der Waals surface area contributed by atoms with E-state index in [2.05, 4.69) is 102 Å². The second-order valence-corrected chi connectivity index (χ2v) is 16.5. The molecule has 0 saturated heterocycles. The normalized spacial score (nSPS) is 15.4. The number of nitrogens with zero attached hydrogens (tertiary/aromatic N) is 8. The van der Waals surface area contributed by atoms with Crippen LogP contribution < -0.4 is 54.7 Å². The van der Waals surface area contributed by atoms with E-state index in [4.69, 9.17) is 0 Å². The van der Waals surface area contributed by atoms with Crippen molar-refractivity contribution in [1.82, 2.24) is 19.9 Å². The Bertz CT molecular complexity index is 1860. The Labute approximate surface area is 415 Å². The van der Waals surface area contributed by atoms with Gasteiger partial charge in [-0.05, 0) is 72.2 Å². The van der Waals surface area contributed by atoms with Gasteiger partial charge in [-0.25, -0.2) is 18.3 Å². The Balaban J connectivity index is 0.000000255. The first kappa shape index (κ1) is 53.2. The van der Waals surface area contributed by atoms with Crippen molar-refractivity contribution >= 4 is 0 Å². The molecule has 4 saturated carbocycles. The van der Waals surface area contributed by atoms with E-state index in [1.54, 1.807) is 24.8 Å². The number of pyridine rings is 4. The van der Waals surface area contributed by atoms with E-state index in [1.807, 2.05) is 46.1 Å². The van der Waals surface area contributed by atoms with Gasteiger partial charge in [0, 0.05) is 82.4 Å². The van der Waals surface area contributed by atoms with Crippen molar-refractivity contribution in [3.63, 3.8) is 0 Å². The molecule has 332 valence electrons. The number of halogens is 2. The SMILES string of the molecule is C1CCCC1.C1CCCC1.[Cl-].[Fe].[Fe].[I-].c1cnc(-[n+]2ccc(-c3cc[n+](CC4CCCC4)cc3)cc2)nc1.c1cnc(-[n+]2ccc(-c3cc[n+](CC4CCCC4)cc3)cc2)nc1. The Morgan fingerprint density at radius 1 is 0.371 bits per heavy atom. The van der Waals surface area contributed by atoms with Crippen molar-refractivity contribution in [3.05, 3.63) is 135 Å². The van der Waals surface area contributed by atoms with Gasteiger partial charge in [-0.2, -0.15) is 0 Å². The molecule has 4 aliphatic rings. The average molecular weight is 1050 g/mol. The van der Waals surface area contributed by atoms with Gasteiger partial charge in [0.05, 0.1) is 24.8 Å². The minimum Gasteiger partial charge on any atom is -1.00 e. The Morgan fingerprint density at radius 3 is 0.871 bits per heavy atom. The predicted molar refractivity (Wildman–Crippen MR) is 228 cm³/mol. The fourth-order valence-corrected chi connectivity index (χ4v) is 8.65. The zero-order chi connectivity index (χ0) is 39.5. The minimum absolute atomic E-state index is 0. The third-order valence-corrected chi connectivity index (χ3v) is 12.1. The van der Waals surface area contributed by atoms with Crippen LogP contribution in [0, 0.1) is 11.8 Å². The van der Waals surface area contributed by atoms with Crippen LogP contribution in [0.2, 0.25) is 0 Å². The second-order valence-electron chi connectivity index (χ2n) is 16.5. The van der Waals surface area contributed by atoms with Crippen LogP contribution >= 0.6 is 0 Å². The summed E-state index contributed by atoms with van der Waals surface area (Å²) in [6.07, 6.45) is 50.0. The molecule has 4 fully saturated rings. The summed E-state index contributed by atoms with van der Waals surface area (Å²) in [6, 6.07) is 20.9. The van der Waals surface area contributed by atoms with Crippen LogP contribution in [0.1, 0.15) is 116 Å². The van der Waals surface area contributed by atoms with E-state index in [9.17, 15) is 0 Å². The molecule has 62 heavy (non-hydrogen) atoms. The van der Waals surface area contributed by atoms with Gasteiger partial charge in [0.1, 0.15) is 24.8 Å². The molecule has 8 nitrogen and oxygen atoms in total. The summed E-state index contributed by atoms with van der Waals surface area (Å²) in [7, 11) is 0. The van der Waals surface area contributed by atoms with Gasteiger partial charge in [-0.15, -0.1) is 0 Å². The molecule has 0 unspecified atom stereocenters. The predicted octanol–water partition coefficient (Wildman–Crippen LogP) is 3.70. The third kappa shape index (κ3) is 17.4. The number of hydrogen-bond donors (Lipinski definition) is 0. The first-order valence-electron chi connectivity index (χ1n) is 22.3. The van der Waals surface area contributed by atoms with Gasteiger partial charge in [0.2, 0.25) is 0 Å². The Morgan fingerprint density at radius 2 is 0.613 bits per heavy atom. The van der Waals surface area contributed by atoms with Gasteiger partial charge in [-0.3, -0.25) is 0 Å². The van der Waals surface area contributed by atoms with E-state index in [-0.39, 0.29) is 70.5 Å². The molecule has 6 aromatic heterocycles. The van der Waals surface area contributed by atoms with Crippen LogP contribution in [-0.2, 0) is 47.2 Å². The van der Waals surface area contributed by atoms with Crippen LogP contribution in [0.25, 0.3) is 34.2 Å². The molecule has 0 aromatic carbocycles. The zero-order valence-electron chi connectivity index (χ0n) is 36.0. The summed E-state index contributed by atoms with van der Waals surface area (Å²) in [5.41, 5.74) is 4.88. The molecule has 0 atom stereocenters. The molecule has 0 spiro atoms. The maximum Gasteiger partial charge on any atom is 0.437 e. The van der Waals surface area contributed by atoms with Crippen LogP contribution in [0.4, 0.5) is 0 Å². The molecular formula is C50H64ClFe2IN8+2. The summed E-state index contributed by atoms with van der Waals surface area (Å²) >= 11 is 0. The summed E-state index contributed by atoms with van der Waals surface area (Å²) in [5, 5.41) is 0. The quantitative estimate of drug-likeness (QED) is 0.133. The van der Waals surface area contributed by atoms with Gasteiger partial charge in [0.25, 0.3) is 0 Å². The molecule has 0 aliphatic heterocycles. The maximum atomic E-state index is 4.26. The second kappa shape index (κ2) is 30.0. The van der Waals surface area contributed by atoms with Crippen LogP contribution in [0.3, 0.4) is 0 Å². The summed E-state index contributed by atoms with van der Waals surface area (Å²) < 4.78 is 8.49. The molecule has 0 radical (unpaired) electrons. The minimum atomic E-state index is 0. The van der Waals surface area contributed by atoms with Crippen molar-refractivity contribution in [2.24, 2.45) is 11.8 Å². The van der Waals surface area contributed by atoms with Crippen molar-refractivity contribution in [1.29, 1.82) is 0 Å². The first-order valence-corrected chi connectivity index (χ1v) is 22.3. The molecule has 6 aromatic rings. The van der Waals surface area contributed by atoms with Gasteiger partial charge < -0.3 is 36.4 Å². The molecule has 10 rings (SSSR count). The topological polar surface area (TPSA) is 67.1 Å². The Kier molecular flexibility index (Phi) is 25.8. The smallest absolute Gasteiger partial charge is 0.437 e. The van der Waals surface area contributed by atoms with E-state index in [1.165, 1.54) is 138 Å². The van der Waals surface area contributed by atoms with E-state index >= 15 is 0 Å². The molecule has 0 amide bonds. The van der Waals surface area contributed by atoms with E-state index in [0.29, 0.717) is 11.9 Å². The molecular weight excluding hydrogens is 987 g/mol. The maximum absolute atomic E-state index is 4.26. The van der Waals surface area contributed by atoms with E-state index in [0.717, 1.165) is 24.9 Å². The molecule has 0 bridgehead atoms. The number of hydrogen-bond acceptors (Lipinski definition) is 4. The molecule has 6 heterocycles. The molecule has 12 heteroatoms. The van der Waals surface area contributed by atoms with Crippen LogP contribution in [0.5, 0.6) is 0 Å². The average Bonchev–Trinajstić information content (AvgIpc) is 4.17. The molecule has 0 N–H and O–H groups in total. The molecule has 4 aliphatic carbocycles. The summed E-state index contributed by atoms with van der Waals surface area (Å²) in [4.78, 5) is 17.0. The summed E-state index contributed by atoms with van der Waals surface area (Å²) in [5.74, 6) is 3.10. The van der Waals surface area contributed by atoms with E-state index < -0.39 is 0 Å². The first-order chi connectivity index (χ1) is 28.8. The van der Waals surface area contributed by atoms with Gasteiger partial charge >= 0.3 is 11.9 Å². The third-order valence-electron chi connectivity index (χ3n) is 12.1. The fraction of sp³-hybridized carbons (Fsp3) is 0.440. The number of rotatable bonds is 8. The van der Waals surface area contributed by atoms with Crippen molar-refractivity contribution in [2.75, 3.05) is 0 Å². The van der Waals surface area contributed by atoms with Crippen LogP contribution in [-0.4, -0.2) is 19.9 Å².